The Kier molecular flexibility index (Phi) is 4.98. The molecule has 2 nitrogen and oxygen atoms in total. The van der Waals surface area contributed by atoms with Crippen LogP contribution in [0.2, 0.25) is 0 Å². The second-order valence-corrected chi connectivity index (χ2v) is 3.56. The largest absolute Gasteiger partial charge is 0.462 e. The molecule has 0 fully saturated rings. The second kappa shape index (κ2) is 6.30. The van der Waals surface area contributed by atoms with Crippen molar-refractivity contribution in [2.75, 3.05) is 12.9 Å². The summed E-state index contributed by atoms with van der Waals surface area (Å²) in [6.45, 7) is 2.21. The van der Waals surface area contributed by atoms with Gasteiger partial charge in [0.05, 0.1) is 12.2 Å². The van der Waals surface area contributed by atoms with Crippen LogP contribution in [0.25, 0.3) is 5.57 Å². The predicted molar refractivity (Wildman–Crippen MR) is 64.6 cm³/mol. The summed E-state index contributed by atoms with van der Waals surface area (Å²) in [7, 11) is 0. The number of carbonyl (C=O) groups excluding carboxylic acids is 1. The van der Waals surface area contributed by atoms with Crippen molar-refractivity contribution >= 4 is 23.3 Å². The van der Waals surface area contributed by atoms with Gasteiger partial charge < -0.3 is 4.74 Å². The van der Waals surface area contributed by atoms with Crippen LogP contribution < -0.4 is 0 Å². The number of carbonyl (C=O) groups is 1. The van der Waals surface area contributed by atoms with Crippen molar-refractivity contribution in [3.8, 4) is 0 Å². The Labute approximate surface area is 94.3 Å². The molecule has 1 aromatic rings. The first-order valence-corrected chi connectivity index (χ1v) is 6.04. The molecule has 0 radical (unpaired) electrons. The van der Waals surface area contributed by atoms with Gasteiger partial charge in [0.15, 0.2) is 0 Å². The molecule has 0 spiro atoms. The first kappa shape index (κ1) is 11.9. The Balaban J connectivity index is 2.94. The third-order valence-corrected chi connectivity index (χ3v) is 2.29. The number of esters is 1. The van der Waals surface area contributed by atoms with E-state index in [9.17, 15) is 4.79 Å². The monoisotopic (exact) mass is 222 g/mol. The average molecular weight is 222 g/mol. The van der Waals surface area contributed by atoms with E-state index in [2.05, 4.69) is 0 Å². The molecule has 0 N–H and O–H groups in total. The third kappa shape index (κ3) is 3.44. The zero-order valence-corrected chi connectivity index (χ0v) is 9.71. The fourth-order valence-electron chi connectivity index (χ4n) is 1.18. The van der Waals surface area contributed by atoms with Crippen LogP contribution in [0, 0.1) is 0 Å². The van der Waals surface area contributed by atoms with E-state index < -0.39 is 0 Å². The summed E-state index contributed by atoms with van der Waals surface area (Å²) in [5.74, 6) is -0.266. The minimum Gasteiger partial charge on any atom is -0.462 e. The molecule has 0 unspecified atom stereocenters. The highest BCUT2D eigenvalue weighted by atomic mass is 32.2. The van der Waals surface area contributed by atoms with Gasteiger partial charge in [-0.15, -0.1) is 11.8 Å². The lowest BCUT2D eigenvalue weighted by molar-refractivity contribution is -0.136. The summed E-state index contributed by atoms with van der Waals surface area (Å²) in [5.41, 5.74) is 1.51. The van der Waals surface area contributed by atoms with Gasteiger partial charge in [-0.2, -0.15) is 0 Å². The molecular weight excluding hydrogens is 208 g/mol. The molecular formula is C12H14O2S. The number of rotatable bonds is 4. The molecule has 0 heterocycles. The van der Waals surface area contributed by atoms with E-state index in [1.165, 1.54) is 11.8 Å². The van der Waals surface area contributed by atoms with Crippen molar-refractivity contribution < 1.29 is 9.53 Å². The fourth-order valence-corrected chi connectivity index (χ4v) is 1.65. The van der Waals surface area contributed by atoms with Crippen molar-refractivity contribution in [2.24, 2.45) is 0 Å². The molecule has 0 aliphatic rings. The van der Waals surface area contributed by atoms with E-state index in [-0.39, 0.29) is 5.97 Å². The Morgan fingerprint density at radius 3 is 2.60 bits per heavy atom. The lowest BCUT2D eigenvalue weighted by atomic mass is 10.1. The van der Waals surface area contributed by atoms with Crippen molar-refractivity contribution in [3.05, 3.63) is 41.3 Å². The number of ether oxygens (including phenoxy) is 1. The maximum Gasteiger partial charge on any atom is 0.339 e. The maximum atomic E-state index is 11.6. The van der Waals surface area contributed by atoms with Gasteiger partial charge in [0.2, 0.25) is 0 Å². The zero-order valence-electron chi connectivity index (χ0n) is 8.90. The number of thioether (sulfide) groups is 1. The topological polar surface area (TPSA) is 26.3 Å². The number of hydrogen-bond donors (Lipinski definition) is 0. The molecule has 0 saturated heterocycles. The van der Waals surface area contributed by atoms with Gasteiger partial charge >= 0.3 is 5.97 Å². The molecule has 1 aromatic carbocycles. The van der Waals surface area contributed by atoms with Gasteiger partial charge in [0.1, 0.15) is 0 Å². The van der Waals surface area contributed by atoms with Crippen molar-refractivity contribution in [2.45, 2.75) is 6.92 Å². The fraction of sp³-hybridized carbons (Fsp3) is 0.250. The van der Waals surface area contributed by atoms with E-state index in [0.717, 1.165) is 5.56 Å². The third-order valence-electron chi connectivity index (χ3n) is 1.82. The molecule has 0 aromatic heterocycles. The first-order valence-electron chi connectivity index (χ1n) is 4.75. The van der Waals surface area contributed by atoms with Crippen LogP contribution in [0.3, 0.4) is 0 Å². The Bertz CT molecular complexity index is 344. The highest BCUT2D eigenvalue weighted by Gasteiger charge is 2.11. The Morgan fingerprint density at radius 1 is 1.40 bits per heavy atom. The highest BCUT2D eigenvalue weighted by molar-refractivity contribution is 8.01. The van der Waals surface area contributed by atoms with Gasteiger partial charge in [-0.3, -0.25) is 0 Å². The molecule has 80 valence electrons. The van der Waals surface area contributed by atoms with Gasteiger partial charge in [-0.1, -0.05) is 30.3 Å². The Morgan fingerprint density at radius 2 is 2.07 bits per heavy atom. The lowest BCUT2D eigenvalue weighted by Crippen LogP contribution is -2.06. The average Bonchev–Trinajstić information content (AvgIpc) is 2.27. The summed E-state index contributed by atoms with van der Waals surface area (Å²) in [6, 6.07) is 9.54. The van der Waals surface area contributed by atoms with Crippen molar-refractivity contribution in [3.63, 3.8) is 0 Å². The van der Waals surface area contributed by atoms with Crippen molar-refractivity contribution in [1.29, 1.82) is 0 Å². The summed E-state index contributed by atoms with van der Waals surface area (Å²) in [5, 5.41) is 1.81. The first-order chi connectivity index (χ1) is 7.29. The minimum atomic E-state index is -0.266. The number of hydrogen-bond acceptors (Lipinski definition) is 3. The van der Waals surface area contributed by atoms with Gasteiger partial charge in [-0.25, -0.2) is 4.79 Å². The van der Waals surface area contributed by atoms with E-state index in [4.69, 9.17) is 4.74 Å². The maximum absolute atomic E-state index is 11.6. The smallest absolute Gasteiger partial charge is 0.339 e. The molecule has 0 aliphatic carbocycles. The minimum absolute atomic E-state index is 0.266. The van der Waals surface area contributed by atoms with Crippen molar-refractivity contribution in [1.82, 2.24) is 0 Å². The SMILES string of the molecule is CCOC(=O)/C(=C/SC)c1ccccc1. The molecule has 0 atom stereocenters. The van der Waals surface area contributed by atoms with Crippen LogP contribution in [0.4, 0.5) is 0 Å². The number of benzene rings is 1. The van der Waals surface area contributed by atoms with E-state index >= 15 is 0 Å². The normalized spacial score (nSPS) is 11.2. The highest BCUT2D eigenvalue weighted by Crippen LogP contribution is 2.18. The molecule has 15 heavy (non-hydrogen) atoms. The van der Waals surface area contributed by atoms with Gasteiger partial charge in [-0.05, 0) is 24.2 Å². The summed E-state index contributed by atoms with van der Waals surface area (Å²) >= 11 is 1.50. The molecule has 0 amide bonds. The van der Waals surface area contributed by atoms with E-state index in [1.54, 1.807) is 6.92 Å². The lowest BCUT2D eigenvalue weighted by Gasteiger charge is -2.06. The Hall–Kier alpha value is -1.22. The molecule has 3 heteroatoms. The standard InChI is InChI=1S/C12H14O2S/c1-3-14-12(13)11(9-15-2)10-7-5-4-6-8-10/h4-9H,3H2,1-2H3/b11-9+. The van der Waals surface area contributed by atoms with Gasteiger partial charge in [0, 0.05) is 0 Å². The second-order valence-electron chi connectivity index (χ2n) is 2.85. The van der Waals surface area contributed by atoms with E-state index in [0.29, 0.717) is 12.2 Å². The predicted octanol–water partition coefficient (Wildman–Crippen LogP) is 2.95. The molecule has 0 bridgehead atoms. The molecule has 0 aliphatic heterocycles. The van der Waals surface area contributed by atoms with Crippen LogP contribution in [0.1, 0.15) is 12.5 Å². The van der Waals surface area contributed by atoms with Crippen LogP contribution >= 0.6 is 11.8 Å². The summed E-state index contributed by atoms with van der Waals surface area (Å²) < 4.78 is 4.99. The summed E-state index contributed by atoms with van der Waals surface area (Å²) in [4.78, 5) is 11.6. The van der Waals surface area contributed by atoms with Crippen LogP contribution in [0.5, 0.6) is 0 Å². The quantitative estimate of drug-likeness (QED) is 0.578. The van der Waals surface area contributed by atoms with Crippen LogP contribution in [-0.2, 0) is 9.53 Å². The zero-order chi connectivity index (χ0) is 11.1. The summed E-state index contributed by atoms with van der Waals surface area (Å²) in [6.07, 6.45) is 1.92. The van der Waals surface area contributed by atoms with E-state index in [1.807, 2.05) is 42.0 Å². The molecule has 0 saturated carbocycles. The molecule has 1 rings (SSSR count). The van der Waals surface area contributed by atoms with Gasteiger partial charge in [0.25, 0.3) is 0 Å². The van der Waals surface area contributed by atoms with Crippen LogP contribution in [0.15, 0.2) is 35.7 Å². The van der Waals surface area contributed by atoms with Crippen LogP contribution in [-0.4, -0.2) is 18.8 Å².